The summed E-state index contributed by atoms with van der Waals surface area (Å²) in [4.78, 5) is 131. The molecule has 0 radical (unpaired) electrons. The van der Waals surface area contributed by atoms with Crippen molar-refractivity contribution in [2.24, 2.45) is 35.5 Å². The molecule has 12 N–H and O–H groups in total. The lowest BCUT2D eigenvalue weighted by atomic mass is 9.92. The topological polar surface area (TPSA) is 448 Å². The lowest BCUT2D eigenvalue weighted by Gasteiger charge is -2.13. The molecule has 0 aliphatic carbocycles. The fourth-order valence-electron chi connectivity index (χ4n) is 7.92. The molecule has 3 rings (SSSR count). The van der Waals surface area contributed by atoms with E-state index in [1.807, 2.05) is 24.3 Å². The second-order valence-electron chi connectivity index (χ2n) is 18.5. The molecule has 0 saturated carbocycles. The summed E-state index contributed by atoms with van der Waals surface area (Å²) in [5.74, 6) is -18.9. The summed E-state index contributed by atoms with van der Waals surface area (Å²) in [5.41, 5.74) is 4.66. The Kier molecular flexibility index (Phi) is 30.7. The lowest BCUT2D eigenvalue weighted by molar-refractivity contribution is -0.148. The summed E-state index contributed by atoms with van der Waals surface area (Å²) in [6.45, 7) is 0. The highest BCUT2D eigenvalue weighted by Crippen LogP contribution is 2.22. The van der Waals surface area contributed by atoms with Gasteiger partial charge in [0.1, 0.15) is 0 Å². The van der Waals surface area contributed by atoms with E-state index in [4.69, 9.17) is 51.1 Å². The first-order chi connectivity index (χ1) is 36.6. The first-order valence-corrected chi connectivity index (χ1v) is 24.5. The van der Waals surface area contributed by atoms with Crippen LogP contribution in [-0.2, 0) is 96.1 Å². The van der Waals surface area contributed by atoms with Crippen LogP contribution in [0.2, 0.25) is 0 Å². The van der Waals surface area contributed by atoms with Crippen molar-refractivity contribution in [3.8, 4) is 0 Å². The molecule has 0 heterocycles. The van der Waals surface area contributed by atoms with E-state index in [0.717, 1.165) is 11.1 Å². The zero-order valence-corrected chi connectivity index (χ0v) is 42.4. The van der Waals surface area contributed by atoms with Gasteiger partial charge in [0, 0.05) is 12.8 Å². The summed E-state index contributed by atoms with van der Waals surface area (Å²) in [6, 6.07) is 20.7. The second-order valence-corrected chi connectivity index (χ2v) is 18.5. The van der Waals surface area contributed by atoms with Crippen molar-refractivity contribution in [1.82, 2.24) is 0 Å². The van der Waals surface area contributed by atoms with Gasteiger partial charge >= 0.3 is 71.6 Å². The maximum atomic E-state index is 11.2. The largest absolute Gasteiger partial charge is 0.481 e. The Balaban J connectivity index is 0.000000587. The van der Waals surface area contributed by atoms with Crippen LogP contribution in [0.1, 0.15) is 110 Å². The van der Waals surface area contributed by atoms with Gasteiger partial charge in [0.15, 0.2) is 0 Å². The van der Waals surface area contributed by atoms with Crippen molar-refractivity contribution in [3.63, 3.8) is 0 Å². The van der Waals surface area contributed by atoms with Crippen LogP contribution >= 0.6 is 0 Å². The van der Waals surface area contributed by atoms with E-state index in [1.165, 1.54) is 0 Å². The van der Waals surface area contributed by atoms with Gasteiger partial charge < -0.3 is 61.3 Å². The molecule has 24 nitrogen and oxygen atoms in total. The molecule has 78 heavy (non-hydrogen) atoms. The Bertz CT molecular complexity index is 2330. The summed E-state index contributed by atoms with van der Waals surface area (Å²) < 4.78 is 0. The first-order valence-electron chi connectivity index (χ1n) is 24.5. The maximum absolute atomic E-state index is 11.2. The van der Waals surface area contributed by atoms with Crippen LogP contribution in [-0.4, -0.2) is 133 Å². The molecule has 0 aromatic heterocycles. The molecule has 0 aliphatic rings. The molecule has 0 amide bonds. The normalized spacial score (nSPS) is 12.9. The molecule has 6 unspecified atom stereocenters. The predicted molar refractivity (Wildman–Crippen MR) is 270 cm³/mol. The minimum atomic E-state index is -1.20. The molecule has 6 atom stereocenters. The first kappa shape index (κ1) is 67.3. The highest BCUT2D eigenvalue weighted by molar-refractivity contribution is 5.80. The Morgan fingerprint density at radius 1 is 0.256 bits per heavy atom. The number of hydrogen-bond donors (Lipinski definition) is 12. The third kappa shape index (κ3) is 30.0. The van der Waals surface area contributed by atoms with E-state index in [0.29, 0.717) is 60.8 Å². The summed E-state index contributed by atoms with van der Waals surface area (Å²) in [5, 5.41) is 107. The third-order valence-corrected chi connectivity index (χ3v) is 12.2. The highest BCUT2D eigenvalue weighted by atomic mass is 16.4. The summed E-state index contributed by atoms with van der Waals surface area (Å²) >= 11 is 0. The van der Waals surface area contributed by atoms with Crippen molar-refractivity contribution in [2.45, 2.75) is 116 Å². The fraction of sp³-hybridized carbons (Fsp3) is 0.444. The van der Waals surface area contributed by atoms with Gasteiger partial charge in [0.05, 0.1) is 61.2 Å². The molecule has 3 aromatic rings. The van der Waals surface area contributed by atoms with Crippen LogP contribution in [0.15, 0.2) is 72.8 Å². The maximum Gasteiger partial charge on any atom is 0.307 e. The summed E-state index contributed by atoms with van der Waals surface area (Å²) in [6.07, 6.45) is 1.34. The van der Waals surface area contributed by atoms with E-state index >= 15 is 0 Å². The number of carbonyl (C=O) groups is 12. The van der Waals surface area contributed by atoms with Crippen molar-refractivity contribution < 1.29 is 119 Å². The van der Waals surface area contributed by atoms with Gasteiger partial charge in [0.2, 0.25) is 0 Å². The van der Waals surface area contributed by atoms with E-state index in [2.05, 4.69) is 0 Å². The average molecular weight is 1100 g/mol. The number of carboxylic acid groups (broad SMARTS) is 12. The van der Waals surface area contributed by atoms with Gasteiger partial charge in [-0.25, -0.2) is 0 Å². The van der Waals surface area contributed by atoms with Crippen LogP contribution in [0.4, 0.5) is 0 Å². The molecule has 24 heteroatoms. The summed E-state index contributed by atoms with van der Waals surface area (Å²) in [7, 11) is 0. The van der Waals surface area contributed by atoms with E-state index < -0.39 is 120 Å². The Hall–Kier alpha value is -8.70. The monoisotopic (exact) mass is 1100 g/mol. The number of carboxylic acids is 12. The number of rotatable bonds is 36. The van der Waals surface area contributed by atoms with Gasteiger partial charge in [-0.1, -0.05) is 72.8 Å². The average Bonchev–Trinajstić information content (AvgIpc) is 3.34. The number of hydrogen-bond acceptors (Lipinski definition) is 12. The van der Waals surface area contributed by atoms with Gasteiger partial charge in [-0.15, -0.1) is 0 Å². The van der Waals surface area contributed by atoms with Crippen LogP contribution < -0.4 is 0 Å². The molecule has 0 fully saturated rings. The molecule has 0 spiro atoms. The molecule has 0 aliphatic heterocycles. The minimum absolute atomic E-state index is 0.0305. The van der Waals surface area contributed by atoms with Crippen molar-refractivity contribution in [3.05, 3.63) is 106 Å². The lowest BCUT2D eigenvalue weighted by Crippen LogP contribution is -2.21. The second kappa shape index (κ2) is 35.5. The number of aliphatic carboxylic acids is 12. The van der Waals surface area contributed by atoms with Gasteiger partial charge in [-0.3, -0.25) is 57.5 Å². The van der Waals surface area contributed by atoms with Crippen molar-refractivity contribution >= 4 is 71.6 Å². The highest BCUT2D eigenvalue weighted by Gasteiger charge is 2.25. The van der Waals surface area contributed by atoms with Crippen molar-refractivity contribution in [2.75, 3.05) is 0 Å². The van der Waals surface area contributed by atoms with Gasteiger partial charge in [-0.2, -0.15) is 0 Å². The zero-order valence-electron chi connectivity index (χ0n) is 42.4. The van der Waals surface area contributed by atoms with Gasteiger partial charge in [0.25, 0.3) is 0 Å². The predicted octanol–water partition coefficient (Wildman–Crippen LogP) is 5.71. The Labute approximate surface area is 446 Å². The Morgan fingerprint density at radius 2 is 0.462 bits per heavy atom. The Morgan fingerprint density at radius 3 is 0.667 bits per heavy atom. The van der Waals surface area contributed by atoms with E-state index in [9.17, 15) is 67.7 Å². The molecular formula is C54H66O24. The number of benzene rings is 3. The van der Waals surface area contributed by atoms with Crippen LogP contribution in [0.25, 0.3) is 0 Å². The van der Waals surface area contributed by atoms with E-state index in [1.54, 1.807) is 48.5 Å². The van der Waals surface area contributed by atoms with Crippen LogP contribution in [0, 0.1) is 35.5 Å². The third-order valence-electron chi connectivity index (χ3n) is 12.2. The van der Waals surface area contributed by atoms with Gasteiger partial charge in [-0.05, 0) is 110 Å². The van der Waals surface area contributed by atoms with E-state index in [-0.39, 0.29) is 64.2 Å². The fourth-order valence-corrected chi connectivity index (χ4v) is 7.92. The zero-order chi connectivity index (χ0) is 59.1. The molecule has 0 bridgehead atoms. The SMILES string of the molecule is O=C(O)CC(CCCc1ccc(CCCC(CC(=O)O)C(=O)O)cc1)C(=O)O.O=C(O)CC(Cc1ccc(CC(CC(=O)O)C(=O)O)cc1)C(=O)O.O=C(O)CCC(Cc1ccc(CC(CCC(=O)O)C(=O)O)cc1)C(=O)O. The van der Waals surface area contributed by atoms with Crippen LogP contribution in [0.5, 0.6) is 0 Å². The molecule has 0 saturated heterocycles. The quantitative estimate of drug-likeness (QED) is 0.0332. The van der Waals surface area contributed by atoms with Crippen molar-refractivity contribution in [1.29, 1.82) is 0 Å². The molecular weight excluding hydrogens is 1030 g/mol. The number of aryl methyl sites for hydroxylation is 2. The molecule has 3 aromatic carbocycles. The molecule has 426 valence electrons. The standard InChI is InChI=1S/C20H26O8.C18H22O8.C16H18O8/c21-17(22)11-15(19(25)26)5-1-3-13-7-9-14(10-8-13)4-2-6-16(20(27)28)12-18(23)24;19-15(20)7-5-13(17(23)24)9-11-1-2-12(4-3-11)10-14(18(25)26)6-8-16(21)22;17-13(18)7-11(15(21)22)5-9-1-2-10(4-3-9)6-12(16(23)24)8-14(19)20/h7-10,15-16H,1-6,11-12H2,(H,21,22)(H,23,24)(H,25,26)(H,27,28);1-4,13-14H,5-10H2,(H,19,20)(H,21,22)(H,23,24)(H,25,26);1-4,11-12H,5-8H2,(H,17,18)(H,19,20)(H,21,22)(H,23,24). The minimum Gasteiger partial charge on any atom is -0.481 e. The van der Waals surface area contributed by atoms with Crippen LogP contribution in [0.3, 0.4) is 0 Å². The smallest absolute Gasteiger partial charge is 0.307 e.